The minimum atomic E-state index is -4.38. The number of β-amino-alcohol motifs (C(OH)–C–C–N with tert-alkyl or cyclic N) is 1. The third-order valence-corrected chi connectivity index (χ3v) is 4.13. The molecule has 2 amide bonds. The monoisotopic (exact) mass is 365 g/mol. The average Bonchev–Trinajstić information content (AvgIpc) is 2.60. The summed E-state index contributed by atoms with van der Waals surface area (Å²) in [5, 5.41) is 18.2. The van der Waals surface area contributed by atoms with Crippen LogP contribution in [-0.4, -0.2) is 23.8 Å². The molecule has 0 saturated heterocycles. The lowest BCUT2D eigenvalue weighted by Gasteiger charge is -2.25. The molecule has 0 aromatic heterocycles. The normalized spacial score (nSPS) is 16.4. The third kappa shape index (κ3) is 4.26. The van der Waals surface area contributed by atoms with Crippen molar-refractivity contribution in [2.75, 3.05) is 17.2 Å². The van der Waals surface area contributed by atoms with Crippen LogP contribution in [-0.2, 0) is 19.1 Å². The van der Waals surface area contributed by atoms with E-state index in [9.17, 15) is 23.1 Å². The van der Waals surface area contributed by atoms with Gasteiger partial charge in [-0.3, -0.25) is 0 Å². The van der Waals surface area contributed by atoms with Crippen molar-refractivity contribution in [3.8, 4) is 0 Å². The molecule has 0 radical (unpaired) electrons. The van der Waals surface area contributed by atoms with Crippen LogP contribution in [0.4, 0.5) is 29.3 Å². The number of amides is 2. The van der Waals surface area contributed by atoms with Crippen LogP contribution in [0.5, 0.6) is 0 Å². The molecule has 2 aromatic rings. The number of nitrogens with one attached hydrogen (secondary N) is 3. The quantitative estimate of drug-likeness (QED) is 0.674. The Bertz CT molecular complexity index is 791. The van der Waals surface area contributed by atoms with Crippen LogP contribution in [0.25, 0.3) is 0 Å². The predicted molar refractivity (Wildman–Crippen MR) is 91.9 cm³/mol. The lowest BCUT2D eigenvalue weighted by molar-refractivity contribution is -0.137. The van der Waals surface area contributed by atoms with Gasteiger partial charge >= 0.3 is 12.2 Å². The fraction of sp³-hybridized carbons (Fsp3) is 0.278. The second kappa shape index (κ2) is 7.25. The molecule has 0 fully saturated rings. The standard InChI is InChI=1S/C18H18F3N3O2/c19-18(20,21)12-6-4-11(5-7-12)9-23-17(26)24-16-3-1-2-15-14(16)8-13(25)10-22-15/h1-7,13,22,25H,8-10H2,(H2,23,24,26). The highest BCUT2D eigenvalue weighted by Crippen LogP contribution is 2.30. The van der Waals surface area contributed by atoms with Crippen LogP contribution >= 0.6 is 0 Å². The van der Waals surface area contributed by atoms with Gasteiger partial charge in [0.1, 0.15) is 0 Å². The fourth-order valence-corrected chi connectivity index (χ4v) is 2.79. The van der Waals surface area contributed by atoms with Crippen LogP contribution in [0.2, 0.25) is 0 Å². The Morgan fingerprint density at radius 3 is 2.62 bits per heavy atom. The maximum atomic E-state index is 12.5. The van der Waals surface area contributed by atoms with E-state index in [1.165, 1.54) is 12.1 Å². The Balaban J connectivity index is 1.60. The van der Waals surface area contributed by atoms with Gasteiger partial charge < -0.3 is 21.1 Å². The molecular weight excluding hydrogens is 347 g/mol. The van der Waals surface area contributed by atoms with E-state index in [0.29, 0.717) is 24.2 Å². The lowest BCUT2D eigenvalue weighted by Crippen LogP contribution is -2.31. The maximum absolute atomic E-state index is 12.5. The molecule has 1 aliphatic heterocycles. The number of hydrogen-bond donors (Lipinski definition) is 4. The largest absolute Gasteiger partial charge is 0.416 e. The van der Waals surface area contributed by atoms with Crippen molar-refractivity contribution >= 4 is 17.4 Å². The molecule has 2 aromatic carbocycles. The van der Waals surface area contributed by atoms with E-state index in [1.54, 1.807) is 12.1 Å². The van der Waals surface area contributed by atoms with Gasteiger partial charge in [-0.25, -0.2) is 4.79 Å². The first-order valence-electron chi connectivity index (χ1n) is 8.08. The van der Waals surface area contributed by atoms with Crippen LogP contribution in [0.15, 0.2) is 42.5 Å². The molecule has 0 bridgehead atoms. The highest BCUT2D eigenvalue weighted by atomic mass is 19.4. The van der Waals surface area contributed by atoms with E-state index >= 15 is 0 Å². The molecule has 0 spiro atoms. The summed E-state index contributed by atoms with van der Waals surface area (Å²) in [7, 11) is 0. The summed E-state index contributed by atoms with van der Waals surface area (Å²) in [4.78, 5) is 12.1. The van der Waals surface area contributed by atoms with Crippen LogP contribution in [0.1, 0.15) is 16.7 Å². The first-order chi connectivity index (χ1) is 12.3. The first kappa shape index (κ1) is 18.1. The van der Waals surface area contributed by atoms with Crippen molar-refractivity contribution in [2.24, 2.45) is 0 Å². The molecule has 1 aliphatic rings. The SMILES string of the molecule is O=C(NCc1ccc(C(F)(F)F)cc1)Nc1cccc2c1CC(O)CN2. The van der Waals surface area contributed by atoms with E-state index in [0.717, 1.165) is 23.4 Å². The number of aliphatic hydroxyl groups is 1. The van der Waals surface area contributed by atoms with Gasteiger partial charge in [-0.05, 0) is 29.8 Å². The smallest absolute Gasteiger partial charge is 0.391 e. The summed E-state index contributed by atoms with van der Waals surface area (Å²) >= 11 is 0. The Morgan fingerprint density at radius 1 is 1.19 bits per heavy atom. The van der Waals surface area contributed by atoms with Gasteiger partial charge in [0.25, 0.3) is 0 Å². The van der Waals surface area contributed by atoms with Gasteiger partial charge in [-0.2, -0.15) is 13.2 Å². The van der Waals surface area contributed by atoms with Gasteiger partial charge in [0.15, 0.2) is 0 Å². The molecule has 138 valence electrons. The number of rotatable bonds is 3. The number of aliphatic hydroxyl groups excluding tert-OH is 1. The van der Waals surface area contributed by atoms with Crippen molar-refractivity contribution in [3.63, 3.8) is 0 Å². The van der Waals surface area contributed by atoms with Gasteiger partial charge in [0.05, 0.1) is 11.7 Å². The molecule has 4 N–H and O–H groups in total. The molecule has 0 saturated carbocycles. The van der Waals surface area contributed by atoms with E-state index in [2.05, 4.69) is 16.0 Å². The Morgan fingerprint density at radius 2 is 1.92 bits per heavy atom. The summed E-state index contributed by atoms with van der Waals surface area (Å²) in [5.41, 5.74) is 2.08. The summed E-state index contributed by atoms with van der Waals surface area (Å²) < 4.78 is 37.6. The number of carbonyl (C=O) groups excluding carboxylic acids is 1. The van der Waals surface area contributed by atoms with E-state index in [1.807, 2.05) is 6.07 Å². The molecule has 0 aliphatic carbocycles. The van der Waals surface area contributed by atoms with E-state index in [-0.39, 0.29) is 6.54 Å². The average molecular weight is 365 g/mol. The molecule has 8 heteroatoms. The first-order valence-corrected chi connectivity index (χ1v) is 8.08. The predicted octanol–water partition coefficient (Wildman–Crippen LogP) is 3.36. The minimum absolute atomic E-state index is 0.0971. The van der Waals surface area contributed by atoms with Crippen LogP contribution in [0.3, 0.4) is 0 Å². The third-order valence-electron chi connectivity index (χ3n) is 4.13. The highest BCUT2D eigenvalue weighted by molar-refractivity contribution is 5.91. The van der Waals surface area contributed by atoms with Crippen molar-refractivity contribution in [3.05, 3.63) is 59.2 Å². The fourth-order valence-electron chi connectivity index (χ4n) is 2.79. The number of benzene rings is 2. The number of anilines is 2. The topological polar surface area (TPSA) is 73.4 Å². The van der Waals surface area contributed by atoms with Crippen molar-refractivity contribution < 1.29 is 23.1 Å². The van der Waals surface area contributed by atoms with E-state index in [4.69, 9.17) is 0 Å². The maximum Gasteiger partial charge on any atom is 0.416 e. The van der Waals surface area contributed by atoms with Crippen molar-refractivity contribution in [1.29, 1.82) is 0 Å². The van der Waals surface area contributed by atoms with Crippen molar-refractivity contribution in [2.45, 2.75) is 25.2 Å². The van der Waals surface area contributed by atoms with Gasteiger partial charge in [0, 0.05) is 36.4 Å². The number of halogens is 3. The zero-order valence-corrected chi connectivity index (χ0v) is 13.7. The molecule has 3 rings (SSSR count). The zero-order valence-electron chi connectivity index (χ0n) is 13.7. The molecule has 1 heterocycles. The zero-order chi connectivity index (χ0) is 18.7. The summed E-state index contributed by atoms with van der Waals surface area (Å²) in [6.07, 6.45) is -4.48. The molecule has 1 atom stereocenters. The number of alkyl halides is 3. The number of carbonyl (C=O) groups is 1. The summed E-state index contributed by atoms with van der Waals surface area (Å²) in [6.45, 7) is 0.552. The van der Waals surface area contributed by atoms with Gasteiger partial charge in [0.2, 0.25) is 0 Å². The molecule has 5 nitrogen and oxygen atoms in total. The molecule has 26 heavy (non-hydrogen) atoms. The lowest BCUT2D eigenvalue weighted by atomic mass is 9.99. The Labute approximate surface area is 148 Å². The van der Waals surface area contributed by atoms with E-state index < -0.39 is 23.9 Å². The van der Waals surface area contributed by atoms with Crippen LogP contribution in [0, 0.1) is 0 Å². The van der Waals surface area contributed by atoms with Gasteiger partial charge in [-0.1, -0.05) is 18.2 Å². The second-order valence-electron chi connectivity index (χ2n) is 6.07. The number of hydrogen-bond acceptors (Lipinski definition) is 3. The number of fused-ring (bicyclic) bond motifs is 1. The molecular formula is C18H18F3N3O2. The highest BCUT2D eigenvalue weighted by Gasteiger charge is 2.29. The molecule has 1 unspecified atom stereocenters. The van der Waals surface area contributed by atoms with Crippen LogP contribution < -0.4 is 16.0 Å². The second-order valence-corrected chi connectivity index (χ2v) is 6.07. The number of urea groups is 1. The Hall–Kier alpha value is -2.74. The summed E-state index contributed by atoms with van der Waals surface area (Å²) in [5.74, 6) is 0. The van der Waals surface area contributed by atoms with Gasteiger partial charge in [-0.15, -0.1) is 0 Å². The Kier molecular flexibility index (Phi) is 5.03. The van der Waals surface area contributed by atoms with Crippen molar-refractivity contribution in [1.82, 2.24) is 5.32 Å². The minimum Gasteiger partial charge on any atom is -0.391 e. The summed E-state index contributed by atoms with van der Waals surface area (Å²) in [6, 6.07) is 9.53.